The summed E-state index contributed by atoms with van der Waals surface area (Å²) in [5.41, 5.74) is 5.47. The van der Waals surface area contributed by atoms with Crippen molar-refractivity contribution in [3.63, 3.8) is 0 Å². The van der Waals surface area contributed by atoms with E-state index >= 15 is 0 Å². The molecule has 0 saturated heterocycles. The highest BCUT2D eigenvalue weighted by Crippen LogP contribution is 2.13. The molecule has 0 fully saturated rings. The first-order valence-electron chi connectivity index (χ1n) is 7.83. The van der Waals surface area contributed by atoms with Crippen molar-refractivity contribution in [3.05, 3.63) is 59.3 Å². The van der Waals surface area contributed by atoms with E-state index in [0.717, 1.165) is 32.1 Å². The van der Waals surface area contributed by atoms with Gasteiger partial charge >= 0.3 is 0 Å². The molecule has 0 aliphatic heterocycles. The van der Waals surface area contributed by atoms with E-state index in [9.17, 15) is 0 Å². The van der Waals surface area contributed by atoms with Gasteiger partial charge < -0.3 is 5.11 Å². The fraction of sp³-hybridized carbons (Fsp3) is 0.500. The molecule has 0 unspecified atom stereocenters. The third-order valence-electron chi connectivity index (χ3n) is 3.48. The minimum absolute atomic E-state index is 0.138. The zero-order valence-electron chi connectivity index (χ0n) is 14.3. The standard InChI is InChI=1S/C20H32O/c1-6-8-17(2)11-12-18(3)9-7-10-19(4)13-14-20(5)15-16-21/h6,9,11,13,15,21H,1,7-8,10,12,14,16H2,2-5H3/b17-11+,18-9+,19-13+,20-15+. The summed E-state index contributed by atoms with van der Waals surface area (Å²) in [4.78, 5) is 0. The predicted octanol–water partition coefficient (Wildman–Crippen LogP) is 5.90. The van der Waals surface area contributed by atoms with Crippen LogP contribution in [0.15, 0.2) is 59.3 Å². The molecule has 1 N–H and O–H groups in total. The van der Waals surface area contributed by atoms with Gasteiger partial charge in [0.2, 0.25) is 0 Å². The maximum Gasteiger partial charge on any atom is 0.0615 e. The summed E-state index contributed by atoms with van der Waals surface area (Å²) in [5.74, 6) is 0. The molecule has 0 amide bonds. The van der Waals surface area contributed by atoms with Crippen molar-refractivity contribution in [2.24, 2.45) is 0 Å². The monoisotopic (exact) mass is 288 g/mol. The lowest BCUT2D eigenvalue weighted by Crippen LogP contribution is -1.83. The molecule has 0 aromatic rings. The van der Waals surface area contributed by atoms with Gasteiger partial charge in [-0.05, 0) is 59.8 Å². The summed E-state index contributed by atoms with van der Waals surface area (Å²) < 4.78 is 0. The van der Waals surface area contributed by atoms with E-state index in [-0.39, 0.29) is 6.61 Å². The Hall–Kier alpha value is -1.34. The maximum absolute atomic E-state index is 8.81. The second-order valence-electron chi connectivity index (χ2n) is 5.82. The van der Waals surface area contributed by atoms with Gasteiger partial charge in [0.25, 0.3) is 0 Å². The van der Waals surface area contributed by atoms with Crippen molar-refractivity contribution < 1.29 is 5.11 Å². The minimum atomic E-state index is 0.138. The van der Waals surface area contributed by atoms with Crippen molar-refractivity contribution >= 4 is 0 Å². The Morgan fingerprint density at radius 3 is 1.86 bits per heavy atom. The van der Waals surface area contributed by atoms with Gasteiger partial charge in [0, 0.05) is 0 Å². The van der Waals surface area contributed by atoms with Gasteiger partial charge in [-0.25, -0.2) is 0 Å². The average Bonchev–Trinajstić information content (AvgIpc) is 2.43. The van der Waals surface area contributed by atoms with Crippen molar-refractivity contribution in [2.75, 3.05) is 6.61 Å². The number of hydrogen-bond donors (Lipinski definition) is 1. The summed E-state index contributed by atoms with van der Waals surface area (Å²) in [6.07, 6.45) is 15.9. The van der Waals surface area contributed by atoms with Crippen molar-refractivity contribution in [2.45, 2.75) is 59.8 Å². The second-order valence-corrected chi connectivity index (χ2v) is 5.82. The quantitative estimate of drug-likeness (QED) is 0.496. The van der Waals surface area contributed by atoms with E-state index in [1.807, 2.05) is 12.2 Å². The fourth-order valence-electron chi connectivity index (χ4n) is 1.95. The van der Waals surface area contributed by atoms with Crippen molar-refractivity contribution in [3.8, 4) is 0 Å². The zero-order chi connectivity index (χ0) is 16.1. The summed E-state index contributed by atoms with van der Waals surface area (Å²) in [6.45, 7) is 12.5. The Morgan fingerprint density at radius 1 is 0.762 bits per heavy atom. The molecule has 0 radical (unpaired) electrons. The molecule has 0 aliphatic carbocycles. The second kappa shape index (κ2) is 12.4. The topological polar surface area (TPSA) is 20.2 Å². The molecule has 0 bridgehead atoms. The maximum atomic E-state index is 8.81. The fourth-order valence-corrected chi connectivity index (χ4v) is 1.95. The van der Waals surface area contributed by atoms with Gasteiger partial charge in [0.05, 0.1) is 6.61 Å². The van der Waals surface area contributed by atoms with Gasteiger partial charge in [-0.1, -0.05) is 52.7 Å². The summed E-state index contributed by atoms with van der Waals surface area (Å²) in [5, 5.41) is 8.81. The van der Waals surface area contributed by atoms with Crippen LogP contribution >= 0.6 is 0 Å². The Morgan fingerprint density at radius 2 is 1.29 bits per heavy atom. The van der Waals surface area contributed by atoms with E-state index in [1.54, 1.807) is 0 Å². The lowest BCUT2D eigenvalue weighted by molar-refractivity contribution is 0.341. The molecular weight excluding hydrogens is 256 g/mol. The number of aliphatic hydroxyl groups excluding tert-OH is 1. The van der Waals surface area contributed by atoms with Crippen LogP contribution in [0.25, 0.3) is 0 Å². The number of hydrogen-bond acceptors (Lipinski definition) is 1. The van der Waals surface area contributed by atoms with Crippen LogP contribution in [0.3, 0.4) is 0 Å². The Labute approximate surface area is 131 Å². The summed E-state index contributed by atoms with van der Waals surface area (Å²) >= 11 is 0. The van der Waals surface area contributed by atoms with Crippen molar-refractivity contribution in [1.82, 2.24) is 0 Å². The molecule has 0 spiro atoms. The molecule has 0 aromatic carbocycles. The zero-order valence-corrected chi connectivity index (χ0v) is 14.3. The molecule has 1 heteroatoms. The van der Waals surface area contributed by atoms with Gasteiger partial charge in [-0.15, -0.1) is 6.58 Å². The SMILES string of the molecule is C=CC/C(C)=C/C/C(C)=C/CC/C(C)=C/C/C(C)=C/CO. The Kier molecular flexibility index (Phi) is 11.6. The highest BCUT2D eigenvalue weighted by atomic mass is 16.2. The molecule has 0 atom stereocenters. The summed E-state index contributed by atoms with van der Waals surface area (Å²) in [6, 6.07) is 0. The average molecular weight is 288 g/mol. The molecule has 21 heavy (non-hydrogen) atoms. The predicted molar refractivity (Wildman–Crippen MR) is 95.4 cm³/mol. The molecule has 1 nitrogen and oxygen atoms in total. The van der Waals surface area contributed by atoms with E-state index in [4.69, 9.17) is 5.11 Å². The van der Waals surface area contributed by atoms with E-state index in [1.165, 1.54) is 22.3 Å². The Balaban J connectivity index is 4.13. The highest BCUT2D eigenvalue weighted by molar-refractivity contribution is 5.12. The van der Waals surface area contributed by atoms with E-state index in [2.05, 4.69) is 52.5 Å². The van der Waals surface area contributed by atoms with Crippen LogP contribution in [0, 0.1) is 0 Å². The first-order valence-corrected chi connectivity index (χ1v) is 7.83. The van der Waals surface area contributed by atoms with Gasteiger partial charge in [0.15, 0.2) is 0 Å². The smallest absolute Gasteiger partial charge is 0.0615 e. The molecule has 0 aliphatic rings. The van der Waals surface area contributed by atoms with Crippen molar-refractivity contribution in [1.29, 1.82) is 0 Å². The number of allylic oxidation sites excluding steroid dienone is 8. The third-order valence-corrected chi connectivity index (χ3v) is 3.48. The number of aliphatic hydroxyl groups is 1. The van der Waals surface area contributed by atoms with Crippen LogP contribution in [-0.4, -0.2) is 11.7 Å². The Bertz CT molecular complexity index is 419. The molecule has 118 valence electrons. The van der Waals surface area contributed by atoms with Crippen LogP contribution in [0.2, 0.25) is 0 Å². The number of rotatable bonds is 10. The van der Waals surface area contributed by atoms with Crippen LogP contribution in [0.5, 0.6) is 0 Å². The molecule has 0 heterocycles. The normalized spacial score (nSPS) is 14.5. The van der Waals surface area contributed by atoms with Crippen LogP contribution in [-0.2, 0) is 0 Å². The highest BCUT2D eigenvalue weighted by Gasteiger charge is 1.93. The lowest BCUT2D eigenvalue weighted by atomic mass is 10.0. The van der Waals surface area contributed by atoms with Crippen LogP contribution in [0.4, 0.5) is 0 Å². The minimum Gasteiger partial charge on any atom is -0.392 e. The molecule has 0 rings (SSSR count). The van der Waals surface area contributed by atoms with Crippen LogP contribution < -0.4 is 0 Å². The van der Waals surface area contributed by atoms with E-state index < -0.39 is 0 Å². The van der Waals surface area contributed by atoms with Gasteiger partial charge in [-0.2, -0.15) is 0 Å². The first-order chi connectivity index (χ1) is 9.99. The largest absolute Gasteiger partial charge is 0.392 e. The van der Waals surface area contributed by atoms with E-state index in [0.29, 0.717) is 0 Å². The van der Waals surface area contributed by atoms with Crippen LogP contribution in [0.1, 0.15) is 59.8 Å². The molecular formula is C20H32O. The molecule has 0 saturated carbocycles. The first kappa shape index (κ1) is 19.7. The van der Waals surface area contributed by atoms with Gasteiger partial charge in [0.1, 0.15) is 0 Å². The third kappa shape index (κ3) is 12.1. The molecule has 0 aromatic heterocycles. The van der Waals surface area contributed by atoms with Gasteiger partial charge in [-0.3, -0.25) is 0 Å². The lowest BCUT2D eigenvalue weighted by Gasteiger charge is -2.02. The summed E-state index contributed by atoms with van der Waals surface area (Å²) in [7, 11) is 0.